The van der Waals surface area contributed by atoms with Crippen molar-refractivity contribution >= 4 is 66.0 Å². The number of hydrogen-bond donors (Lipinski definition) is 2. The SMILES string of the molecule is O=C(COc1ccc(Cl)cc1Br)N=Nc1c(O)[nH]c2cc(Br)ccc12. The van der Waals surface area contributed by atoms with Gasteiger partial charge in [0.15, 0.2) is 12.3 Å². The number of amides is 1. The van der Waals surface area contributed by atoms with Crippen LogP contribution >= 0.6 is 43.5 Å². The summed E-state index contributed by atoms with van der Waals surface area (Å²) in [6.07, 6.45) is 0. The molecule has 0 radical (unpaired) electrons. The van der Waals surface area contributed by atoms with E-state index in [9.17, 15) is 9.90 Å². The quantitative estimate of drug-likeness (QED) is 0.460. The van der Waals surface area contributed by atoms with Gasteiger partial charge in [-0.15, -0.1) is 10.2 Å². The summed E-state index contributed by atoms with van der Waals surface area (Å²) in [7, 11) is 0. The van der Waals surface area contributed by atoms with E-state index in [1.54, 1.807) is 36.4 Å². The largest absolute Gasteiger partial charge is 0.493 e. The molecule has 0 bridgehead atoms. The van der Waals surface area contributed by atoms with Gasteiger partial charge in [0.2, 0.25) is 5.88 Å². The van der Waals surface area contributed by atoms with E-state index in [2.05, 4.69) is 47.1 Å². The molecule has 1 heterocycles. The number of carbonyl (C=O) groups is 1. The van der Waals surface area contributed by atoms with Crippen molar-refractivity contribution < 1.29 is 14.6 Å². The van der Waals surface area contributed by atoms with Crippen molar-refractivity contribution in [1.82, 2.24) is 4.98 Å². The lowest BCUT2D eigenvalue weighted by Gasteiger charge is -2.05. The fraction of sp³-hybridized carbons (Fsp3) is 0.0625. The van der Waals surface area contributed by atoms with Gasteiger partial charge >= 0.3 is 5.91 Å². The highest BCUT2D eigenvalue weighted by atomic mass is 79.9. The Hall–Kier alpha value is -1.90. The molecule has 6 nitrogen and oxygen atoms in total. The Morgan fingerprint density at radius 3 is 2.80 bits per heavy atom. The monoisotopic (exact) mass is 485 g/mol. The Balaban J connectivity index is 1.71. The Morgan fingerprint density at radius 2 is 2.04 bits per heavy atom. The van der Waals surface area contributed by atoms with Crippen LogP contribution in [-0.4, -0.2) is 22.6 Å². The standard InChI is InChI=1S/C16H10Br2ClN3O3/c17-8-1-3-10-12(5-8)20-16(24)15(10)22-21-14(23)7-25-13-4-2-9(19)6-11(13)18/h1-6,20,24H,7H2. The van der Waals surface area contributed by atoms with Gasteiger partial charge in [0.05, 0.1) is 9.99 Å². The molecule has 128 valence electrons. The normalized spacial score (nSPS) is 11.3. The van der Waals surface area contributed by atoms with E-state index >= 15 is 0 Å². The number of ether oxygens (including phenoxy) is 1. The highest BCUT2D eigenvalue weighted by molar-refractivity contribution is 9.10. The minimum atomic E-state index is -0.590. The fourth-order valence-corrected chi connectivity index (χ4v) is 3.27. The van der Waals surface area contributed by atoms with E-state index in [1.807, 2.05) is 0 Å². The van der Waals surface area contributed by atoms with Crippen molar-refractivity contribution in [3.8, 4) is 11.6 Å². The van der Waals surface area contributed by atoms with Crippen LogP contribution in [0.2, 0.25) is 5.02 Å². The van der Waals surface area contributed by atoms with Gasteiger partial charge in [0.25, 0.3) is 0 Å². The predicted octanol–water partition coefficient (Wildman–Crippen LogP) is 5.74. The Labute approximate surface area is 164 Å². The molecule has 0 atom stereocenters. The summed E-state index contributed by atoms with van der Waals surface area (Å²) in [5.74, 6) is -0.286. The second-order valence-corrected chi connectivity index (χ2v) is 7.18. The maximum Gasteiger partial charge on any atom is 0.302 e. The number of fused-ring (bicyclic) bond motifs is 1. The number of aromatic nitrogens is 1. The summed E-state index contributed by atoms with van der Waals surface area (Å²) in [5.41, 5.74) is 0.873. The molecule has 0 spiro atoms. The van der Waals surface area contributed by atoms with Crippen molar-refractivity contribution in [2.45, 2.75) is 0 Å². The third kappa shape index (κ3) is 4.20. The summed E-state index contributed by atoms with van der Waals surface area (Å²) < 4.78 is 6.85. The van der Waals surface area contributed by atoms with Crippen LogP contribution in [0.25, 0.3) is 10.9 Å². The van der Waals surface area contributed by atoms with Crippen molar-refractivity contribution in [2.75, 3.05) is 6.61 Å². The van der Waals surface area contributed by atoms with E-state index in [4.69, 9.17) is 16.3 Å². The minimum absolute atomic E-state index is 0.161. The number of aromatic amines is 1. The molecule has 9 heteroatoms. The van der Waals surface area contributed by atoms with Gasteiger partial charge in [-0.05, 0) is 52.3 Å². The summed E-state index contributed by atoms with van der Waals surface area (Å²) in [5, 5.41) is 18.6. The van der Waals surface area contributed by atoms with Crippen LogP contribution in [0.1, 0.15) is 0 Å². The molecule has 0 unspecified atom stereocenters. The molecule has 0 saturated carbocycles. The first-order valence-corrected chi connectivity index (χ1v) is 8.93. The number of hydrogen-bond acceptors (Lipinski definition) is 4. The molecule has 2 N–H and O–H groups in total. The van der Waals surface area contributed by atoms with Crippen LogP contribution in [0.4, 0.5) is 5.69 Å². The van der Waals surface area contributed by atoms with Gasteiger partial charge < -0.3 is 14.8 Å². The first-order chi connectivity index (χ1) is 11.9. The summed E-state index contributed by atoms with van der Waals surface area (Å²) >= 11 is 12.5. The van der Waals surface area contributed by atoms with Crippen LogP contribution in [0.15, 0.2) is 55.6 Å². The highest BCUT2D eigenvalue weighted by Crippen LogP contribution is 2.36. The molecule has 1 aromatic heterocycles. The smallest absolute Gasteiger partial charge is 0.302 e. The average Bonchev–Trinajstić information content (AvgIpc) is 2.86. The van der Waals surface area contributed by atoms with Gasteiger partial charge in [0.1, 0.15) is 5.75 Å². The van der Waals surface area contributed by atoms with Crippen molar-refractivity contribution in [1.29, 1.82) is 0 Å². The molecule has 25 heavy (non-hydrogen) atoms. The van der Waals surface area contributed by atoms with E-state index in [0.29, 0.717) is 26.1 Å². The van der Waals surface area contributed by atoms with Gasteiger partial charge in [-0.1, -0.05) is 27.5 Å². The Kier molecular flexibility index (Phi) is 5.41. The molecule has 0 aliphatic heterocycles. The summed E-state index contributed by atoms with van der Waals surface area (Å²) in [6.45, 7) is -0.293. The number of H-pyrrole nitrogens is 1. The highest BCUT2D eigenvalue weighted by Gasteiger charge is 2.12. The number of aromatic hydroxyl groups is 1. The molecule has 0 saturated heterocycles. The van der Waals surface area contributed by atoms with Crippen molar-refractivity contribution in [3.05, 3.63) is 50.4 Å². The third-order valence-corrected chi connectivity index (χ3v) is 4.57. The molecule has 1 amide bonds. The number of rotatable bonds is 4. The molecule has 0 aliphatic rings. The van der Waals surface area contributed by atoms with Crippen LogP contribution in [0.3, 0.4) is 0 Å². The lowest BCUT2D eigenvalue weighted by Crippen LogP contribution is -2.08. The zero-order valence-electron chi connectivity index (χ0n) is 12.5. The molecule has 0 fully saturated rings. The van der Waals surface area contributed by atoms with Crippen molar-refractivity contribution in [2.24, 2.45) is 10.2 Å². The number of carbonyl (C=O) groups excluding carboxylic acids is 1. The summed E-state index contributed by atoms with van der Waals surface area (Å²) in [4.78, 5) is 14.6. The zero-order valence-corrected chi connectivity index (χ0v) is 16.4. The molecule has 3 rings (SSSR count). The Morgan fingerprint density at radius 1 is 1.24 bits per heavy atom. The maximum atomic E-state index is 11.9. The van der Waals surface area contributed by atoms with Crippen LogP contribution in [0, 0.1) is 0 Å². The summed E-state index contributed by atoms with van der Waals surface area (Å²) in [6, 6.07) is 10.3. The van der Waals surface area contributed by atoms with Gasteiger partial charge in [-0.3, -0.25) is 4.79 Å². The maximum absolute atomic E-state index is 11.9. The number of nitrogens with one attached hydrogen (secondary N) is 1. The van der Waals surface area contributed by atoms with Crippen LogP contribution in [0.5, 0.6) is 11.6 Å². The Bertz CT molecular complexity index is 988. The van der Waals surface area contributed by atoms with Gasteiger partial charge in [-0.2, -0.15) is 0 Å². The molecule has 3 aromatic rings. The molecule has 0 aliphatic carbocycles. The molecule has 2 aromatic carbocycles. The van der Waals surface area contributed by atoms with E-state index in [-0.39, 0.29) is 18.2 Å². The van der Waals surface area contributed by atoms with E-state index in [1.165, 1.54) is 0 Å². The van der Waals surface area contributed by atoms with Crippen LogP contribution in [-0.2, 0) is 4.79 Å². The van der Waals surface area contributed by atoms with Crippen molar-refractivity contribution in [3.63, 3.8) is 0 Å². The third-order valence-electron chi connectivity index (χ3n) is 3.22. The molecular formula is C16H10Br2ClN3O3. The second kappa shape index (κ2) is 7.55. The van der Waals surface area contributed by atoms with Gasteiger partial charge in [-0.25, -0.2) is 0 Å². The predicted molar refractivity (Wildman–Crippen MR) is 102 cm³/mol. The minimum Gasteiger partial charge on any atom is -0.493 e. The lowest BCUT2D eigenvalue weighted by molar-refractivity contribution is -0.120. The average molecular weight is 488 g/mol. The number of benzene rings is 2. The number of halogens is 3. The van der Waals surface area contributed by atoms with Gasteiger partial charge in [0, 0.05) is 14.9 Å². The van der Waals surface area contributed by atoms with E-state index < -0.39 is 5.91 Å². The number of nitrogens with zero attached hydrogens (tertiary/aromatic N) is 2. The number of azo groups is 1. The topological polar surface area (TPSA) is 87.0 Å². The van der Waals surface area contributed by atoms with E-state index in [0.717, 1.165) is 4.47 Å². The second-order valence-electron chi connectivity index (χ2n) is 4.97. The lowest BCUT2D eigenvalue weighted by atomic mass is 10.2. The first-order valence-electron chi connectivity index (χ1n) is 6.96. The first kappa shape index (κ1) is 17.9. The fourth-order valence-electron chi connectivity index (χ4n) is 2.11. The van der Waals surface area contributed by atoms with Crippen LogP contribution < -0.4 is 4.74 Å². The molecular weight excluding hydrogens is 477 g/mol. The zero-order chi connectivity index (χ0) is 18.0.